The van der Waals surface area contributed by atoms with Crippen molar-refractivity contribution < 1.29 is 4.79 Å². The third kappa shape index (κ3) is 3.56. The van der Waals surface area contributed by atoms with Crippen LogP contribution in [-0.2, 0) is 0 Å². The number of nitrogens with zero attached hydrogens (tertiary/aromatic N) is 1. The van der Waals surface area contributed by atoms with Crippen molar-refractivity contribution in [3.63, 3.8) is 0 Å². The first-order valence-corrected chi connectivity index (χ1v) is 7.78. The van der Waals surface area contributed by atoms with Crippen LogP contribution in [0.5, 0.6) is 0 Å². The molecule has 1 N–H and O–H groups in total. The molecule has 96 valence electrons. The Morgan fingerprint density at radius 1 is 1.50 bits per heavy atom. The van der Waals surface area contributed by atoms with E-state index in [1.165, 1.54) is 11.3 Å². The van der Waals surface area contributed by atoms with Crippen LogP contribution in [0, 0.1) is 17.2 Å². The van der Waals surface area contributed by atoms with Crippen LogP contribution in [0.25, 0.3) is 0 Å². The van der Waals surface area contributed by atoms with E-state index in [0.29, 0.717) is 12.3 Å². The normalized spacial score (nSPS) is 23.3. The van der Waals surface area contributed by atoms with Crippen molar-refractivity contribution in [2.45, 2.75) is 38.1 Å². The molecule has 1 aromatic heterocycles. The Labute approximate surface area is 119 Å². The maximum Gasteiger partial charge on any atom is 0.261 e. The molecule has 1 aromatic rings. The van der Waals surface area contributed by atoms with Gasteiger partial charge in [-0.05, 0) is 53.6 Å². The highest BCUT2D eigenvalue weighted by Gasteiger charge is 2.22. The summed E-state index contributed by atoms with van der Waals surface area (Å²) in [4.78, 5) is 12.7. The lowest BCUT2D eigenvalue weighted by Crippen LogP contribution is -2.37. The molecule has 3 nitrogen and oxygen atoms in total. The molecular formula is C13H15BrN2OS. The Balaban J connectivity index is 1.81. The zero-order valence-electron chi connectivity index (χ0n) is 9.99. The van der Waals surface area contributed by atoms with Gasteiger partial charge in [-0.1, -0.05) is 0 Å². The molecule has 0 spiro atoms. The van der Waals surface area contributed by atoms with E-state index in [1.54, 1.807) is 0 Å². The van der Waals surface area contributed by atoms with E-state index in [9.17, 15) is 4.79 Å². The number of thiophene rings is 1. The lowest BCUT2D eigenvalue weighted by Gasteiger charge is -2.27. The zero-order valence-corrected chi connectivity index (χ0v) is 12.4. The van der Waals surface area contributed by atoms with Crippen molar-refractivity contribution in [1.29, 1.82) is 5.26 Å². The van der Waals surface area contributed by atoms with Gasteiger partial charge in [0.15, 0.2) is 0 Å². The number of carbonyl (C=O) groups is 1. The summed E-state index contributed by atoms with van der Waals surface area (Å²) in [7, 11) is 0. The first-order chi connectivity index (χ1) is 8.69. The molecule has 0 bridgehead atoms. The van der Waals surface area contributed by atoms with E-state index in [-0.39, 0.29) is 11.9 Å². The van der Waals surface area contributed by atoms with Gasteiger partial charge in [-0.2, -0.15) is 5.26 Å². The van der Waals surface area contributed by atoms with Crippen LogP contribution in [-0.4, -0.2) is 11.9 Å². The molecule has 2 rings (SSSR count). The van der Waals surface area contributed by atoms with Gasteiger partial charge in [0.1, 0.15) is 0 Å². The second-order valence-corrected chi connectivity index (χ2v) is 6.51. The lowest BCUT2D eigenvalue weighted by molar-refractivity contribution is 0.0926. The topological polar surface area (TPSA) is 52.9 Å². The maximum absolute atomic E-state index is 12.0. The number of nitrogens with one attached hydrogen (secondary N) is 1. The Morgan fingerprint density at radius 3 is 2.78 bits per heavy atom. The number of amides is 1. The average molecular weight is 327 g/mol. The predicted octanol–water partition coefficient (Wildman–Crippen LogP) is 3.71. The maximum atomic E-state index is 12.0. The third-order valence-electron chi connectivity index (χ3n) is 3.35. The average Bonchev–Trinajstić information content (AvgIpc) is 2.79. The van der Waals surface area contributed by atoms with Crippen LogP contribution in [0.2, 0.25) is 0 Å². The van der Waals surface area contributed by atoms with E-state index >= 15 is 0 Å². The predicted molar refractivity (Wildman–Crippen MR) is 75.5 cm³/mol. The number of halogens is 1. The highest BCUT2D eigenvalue weighted by molar-refractivity contribution is 9.10. The molecule has 18 heavy (non-hydrogen) atoms. The number of rotatable bonds is 3. The number of nitriles is 1. The number of hydrogen-bond acceptors (Lipinski definition) is 3. The first-order valence-electron chi connectivity index (χ1n) is 6.11. The van der Waals surface area contributed by atoms with E-state index in [1.807, 2.05) is 11.4 Å². The summed E-state index contributed by atoms with van der Waals surface area (Å²) in [6, 6.07) is 4.35. The van der Waals surface area contributed by atoms with E-state index in [4.69, 9.17) is 5.26 Å². The van der Waals surface area contributed by atoms with Gasteiger partial charge in [-0.15, -0.1) is 11.3 Å². The van der Waals surface area contributed by atoms with Crippen LogP contribution in [0.4, 0.5) is 0 Å². The standard InChI is InChI=1S/C13H15BrN2OS/c14-10-7-12(18-8-10)13(17)16-11-3-1-9(2-4-11)5-6-15/h7-9,11H,1-5H2,(H,16,17). The van der Waals surface area contributed by atoms with Crippen molar-refractivity contribution >= 4 is 33.2 Å². The van der Waals surface area contributed by atoms with Crippen LogP contribution in [0.1, 0.15) is 41.8 Å². The molecule has 1 amide bonds. The molecule has 0 unspecified atom stereocenters. The monoisotopic (exact) mass is 326 g/mol. The van der Waals surface area contributed by atoms with Crippen molar-refractivity contribution in [3.8, 4) is 6.07 Å². The lowest BCUT2D eigenvalue weighted by atomic mass is 9.84. The summed E-state index contributed by atoms with van der Waals surface area (Å²) in [5.74, 6) is 0.550. The molecule has 1 aliphatic carbocycles. The van der Waals surface area contributed by atoms with E-state index in [0.717, 1.165) is 35.0 Å². The molecule has 0 aliphatic heterocycles. The fourth-order valence-electron chi connectivity index (χ4n) is 2.33. The van der Waals surface area contributed by atoms with Crippen LogP contribution in [0.3, 0.4) is 0 Å². The molecule has 1 heterocycles. The molecule has 0 aromatic carbocycles. The quantitative estimate of drug-likeness (QED) is 0.920. The van der Waals surface area contributed by atoms with E-state index < -0.39 is 0 Å². The third-order valence-corrected chi connectivity index (χ3v) is 5.04. The summed E-state index contributed by atoms with van der Waals surface area (Å²) in [5, 5.41) is 13.7. The minimum absolute atomic E-state index is 0.0226. The molecular weight excluding hydrogens is 312 g/mol. The second kappa shape index (κ2) is 6.35. The Hall–Kier alpha value is -0.860. The van der Waals surface area contributed by atoms with Crippen LogP contribution >= 0.6 is 27.3 Å². The number of carbonyl (C=O) groups excluding carboxylic acids is 1. The van der Waals surface area contributed by atoms with Gasteiger partial charge in [-0.3, -0.25) is 4.79 Å². The molecule has 1 saturated carbocycles. The Kier molecular flexibility index (Phi) is 4.79. The molecule has 0 atom stereocenters. The van der Waals surface area contributed by atoms with Gasteiger partial charge in [-0.25, -0.2) is 0 Å². The van der Waals surface area contributed by atoms with E-state index in [2.05, 4.69) is 27.3 Å². The van der Waals surface area contributed by atoms with Crippen molar-refractivity contribution in [3.05, 3.63) is 20.8 Å². The largest absolute Gasteiger partial charge is 0.349 e. The molecule has 1 aliphatic rings. The minimum atomic E-state index is 0.0226. The highest BCUT2D eigenvalue weighted by atomic mass is 79.9. The second-order valence-electron chi connectivity index (χ2n) is 4.68. The van der Waals surface area contributed by atoms with Gasteiger partial charge in [0.25, 0.3) is 5.91 Å². The van der Waals surface area contributed by atoms with Crippen molar-refractivity contribution in [2.75, 3.05) is 0 Å². The SMILES string of the molecule is N#CCC1CCC(NC(=O)c2cc(Br)cs2)CC1. The first kappa shape index (κ1) is 13.6. The summed E-state index contributed by atoms with van der Waals surface area (Å²) in [5.41, 5.74) is 0. The molecule has 1 fully saturated rings. The fraction of sp³-hybridized carbons (Fsp3) is 0.538. The summed E-state index contributed by atoms with van der Waals surface area (Å²) in [6.07, 6.45) is 4.73. The molecule has 0 saturated heterocycles. The smallest absolute Gasteiger partial charge is 0.261 e. The number of hydrogen-bond donors (Lipinski definition) is 1. The van der Waals surface area contributed by atoms with Crippen molar-refractivity contribution in [2.24, 2.45) is 5.92 Å². The molecule has 0 radical (unpaired) electrons. The minimum Gasteiger partial charge on any atom is -0.349 e. The van der Waals surface area contributed by atoms with Gasteiger partial charge in [0, 0.05) is 22.3 Å². The van der Waals surface area contributed by atoms with Gasteiger partial charge >= 0.3 is 0 Å². The highest BCUT2D eigenvalue weighted by Crippen LogP contribution is 2.27. The zero-order chi connectivity index (χ0) is 13.0. The van der Waals surface area contributed by atoms with Gasteiger partial charge in [0.2, 0.25) is 0 Å². The molecule has 5 heteroatoms. The van der Waals surface area contributed by atoms with Gasteiger partial charge < -0.3 is 5.32 Å². The summed E-state index contributed by atoms with van der Waals surface area (Å²) >= 11 is 4.80. The van der Waals surface area contributed by atoms with Crippen LogP contribution < -0.4 is 5.32 Å². The fourth-order valence-corrected chi connectivity index (χ4v) is 3.66. The van der Waals surface area contributed by atoms with Crippen molar-refractivity contribution in [1.82, 2.24) is 5.32 Å². The summed E-state index contributed by atoms with van der Waals surface area (Å²) < 4.78 is 0.954. The van der Waals surface area contributed by atoms with Crippen LogP contribution in [0.15, 0.2) is 15.9 Å². The summed E-state index contributed by atoms with van der Waals surface area (Å²) in [6.45, 7) is 0. The Bertz CT molecular complexity index is 458. The Morgan fingerprint density at radius 2 is 2.22 bits per heavy atom. The van der Waals surface area contributed by atoms with Gasteiger partial charge in [0.05, 0.1) is 10.9 Å².